The van der Waals surface area contributed by atoms with Crippen molar-refractivity contribution in [3.05, 3.63) is 41.7 Å². The van der Waals surface area contributed by atoms with Crippen molar-refractivity contribution in [1.82, 2.24) is 9.97 Å². The minimum absolute atomic E-state index is 0.0267. The van der Waals surface area contributed by atoms with E-state index in [9.17, 15) is 13.2 Å². The average molecular weight is 340 g/mol. The standard InChI is InChI=1S/C14H14ClN3O3S/c1-3-9-7-11(18-14-16-5-4-6-17-14)12(22(2,20)21)8-10(9)13(15)19/h4-8H,3H2,1-2H3,(H,16,17,18). The molecule has 0 spiro atoms. The van der Waals surface area contributed by atoms with Gasteiger partial charge in [-0.25, -0.2) is 18.4 Å². The molecule has 1 heterocycles. The summed E-state index contributed by atoms with van der Waals surface area (Å²) in [6.45, 7) is 1.85. The predicted octanol–water partition coefficient (Wildman–Crippen LogP) is 2.57. The molecule has 0 aliphatic heterocycles. The van der Waals surface area contributed by atoms with Crippen molar-refractivity contribution >= 4 is 38.3 Å². The minimum atomic E-state index is -3.56. The molecule has 1 N–H and O–H groups in total. The van der Waals surface area contributed by atoms with Gasteiger partial charge in [0, 0.05) is 24.2 Å². The van der Waals surface area contributed by atoms with Crippen LogP contribution in [0.3, 0.4) is 0 Å². The van der Waals surface area contributed by atoms with E-state index < -0.39 is 15.1 Å². The molecule has 0 fully saturated rings. The van der Waals surface area contributed by atoms with Crippen LogP contribution in [0.4, 0.5) is 11.6 Å². The molecule has 8 heteroatoms. The number of benzene rings is 1. The molecule has 2 rings (SSSR count). The third kappa shape index (κ3) is 3.61. The Kier molecular flexibility index (Phi) is 4.77. The maximum Gasteiger partial charge on any atom is 0.252 e. The molecule has 0 saturated carbocycles. The summed E-state index contributed by atoms with van der Waals surface area (Å²) in [6.07, 6.45) is 4.66. The van der Waals surface area contributed by atoms with E-state index in [4.69, 9.17) is 11.6 Å². The van der Waals surface area contributed by atoms with Gasteiger partial charge in [-0.05, 0) is 41.8 Å². The fraction of sp³-hybridized carbons (Fsp3) is 0.214. The van der Waals surface area contributed by atoms with Gasteiger partial charge in [-0.2, -0.15) is 0 Å². The first-order valence-electron chi connectivity index (χ1n) is 6.43. The van der Waals surface area contributed by atoms with Gasteiger partial charge in [0.1, 0.15) is 0 Å². The zero-order valence-electron chi connectivity index (χ0n) is 12.0. The van der Waals surface area contributed by atoms with Gasteiger partial charge >= 0.3 is 0 Å². The molecule has 116 valence electrons. The smallest absolute Gasteiger partial charge is 0.252 e. The number of hydrogen-bond acceptors (Lipinski definition) is 6. The van der Waals surface area contributed by atoms with Crippen LogP contribution in [0.2, 0.25) is 0 Å². The topological polar surface area (TPSA) is 89.0 Å². The molecule has 0 unspecified atom stereocenters. The number of sulfone groups is 1. The Bertz CT molecular complexity index is 808. The summed E-state index contributed by atoms with van der Waals surface area (Å²) in [5.74, 6) is 0.263. The quantitative estimate of drug-likeness (QED) is 0.842. The van der Waals surface area contributed by atoms with E-state index in [0.717, 1.165) is 6.26 Å². The van der Waals surface area contributed by atoms with E-state index in [1.54, 1.807) is 12.1 Å². The van der Waals surface area contributed by atoms with Crippen molar-refractivity contribution in [2.45, 2.75) is 18.2 Å². The fourth-order valence-electron chi connectivity index (χ4n) is 1.99. The van der Waals surface area contributed by atoms with Crippen LogP contribution in [0.5, 0.6) is 0 Å². The zero-order valence-corrected chi connectivity index (χ0v) is 13.6. The number of rotatable bonds is 5. The molecule has 2 aromatic rings. The first kappa shape index (κ1) is 16.4. The second kappa shape index (κ2) is 6.41. The molecule has 1 aromatic carbocycles. The number of nitrogens with one attached hydrogen (secondary N) is 1. The highest BCUT2D eigenvalue weighted by molar-refractivity contribution is 7.90. The maximum absolute atomic E-state index is 12.0. The molecule has 0 amide bonds. The highest BCUT2D eigenvalue weighted by atomic mass is 35.5. The lowest BCUT2D eigenvalue weighted by atomic mass is 10.1. The lowest BCUT2D eigenvalue weighted by Crippen LogP contribution is -2.08. The highest BCUT2D eigenvalue weighted by Gasteiger charge is 2.20. The number of hydrogen-bond donors (Lipinski definition) is 1. The van der Waals surface area contributed by atoms with Gasteiger partial charge in [0.05, 0.1) is 10.6 Å². The summed E-state index contributed by atoms with van der Waals surface area (Å²) in [4.78, 5) is 19.5. The van der Waals surface area contributed by atoms with E-state index in [2.05, 4.69) is 15.3 Å². The van der Waals surface area contributed by atoms with Gasteiger partial charge in [0.25, 0.3) is 5.24 Å². The summed E-state index contributed by atoms with van der Waals surface area (Å²) in [5.41, 5.74) is 1.14. The van der Waals surface area contributed by atoms with Crippen LogP contribution in [-0.4, -0.2) is 29.9 Å². The molecule has 1 aromatic heterocycles. The Labute approximate surface area is 133 Å². The first-order chi connectivity index (χ1) is 10.3. The average Bonchev–Trinajstić information content (AvgIpc) is 2.46. The van der Waals surface area contributed by atoms with Crippen LogP contribution in [0, 0.1) is 0 Å². The molecule has 6 nitrogen and oxygen atoms in total. The van der Waals surface area contributed by atoms with Gasteiger partial charge < -0.3 is 5.32 Å². The van der Waals surface area contributed by atoms with E-state index in [-0.39, 0.29) is 16.4 Å². The molecule has 0 saturated heterocycles. The number of nitrogens with zero attached hydrogens (tertiary/aromatic N) is 2. The Morgan fingerprint density at radius 3 is 2.41 bits per heavy atom. The Hall–Kier alpha value is -1.99. The molecule has 0 aliphatic carbocycles. The van der Waals surface area contributed by atoms with Crippen LogP contribution >= 0.6 is 11.6 Å². The first-order valence-corrected chi connectivity index (χ1v) is 8.70. The Balaban J connectivity index is 2.63. The monoisotopic (exact) mass is 339 g/mol. The third-order valence-corrected chi connectivity index (χ3v) is 4.35. The van der Waals surface area contributed by atoms with Gasteiger partial charge in [-0.1, -0.05) is 6.92 Å². The van der Waals surface area contributed by atoms with Crippen molar-refractivity contribution in [2.24, 2.45) is 0 Å². The summed E-state index contributed by atoms with van der Waals surface area (Å²) in [5, 5.41) is 2.17. The van der Waals surface area contributed by atoms with Crippen LogP contribution in [0.15, 0.2) is 35.5 Å². The summed E-state index contributed by atoms with van der Waals surface area (Å²) in [6, 6.07) is 4.52. The number of anilines is 2. The van der Waals surface area contributed by atoms with Crippen LogP contribution < -0.4 is 5.32 Å². The molecule has 0 bridgehead atoms. The van der Waals surface area contributed by atoms with Crippen molar-refractivity contribution in [2.75, 3.05) is 11.6 Å². The van der Waals surface area contributed by atoms with Crippen molar-refractivity contribution in [1.29, 1.82) is 0 Å². The van der Waals surface area contributed by atoms with E-state index in [0.29, 0.717) is 17.7 Å². The van der Waals surface area contributed by atoms with E-state index in [1.165, 1.54) is 18.5 Å². The van der Waals surface area contributed by atoms with Crippen LogP contribution in [-0.2, 0) is 16.3 Å². The predicted molar refractivity (Wildman–Crippen MR) is 84.4 cm³/mol. The van der Waals surface area contributed by atoms with Crippen molar-refractivity contribution in [3.63, 3.8) is 0 Å². The lowest BCUT2D eigenvalue weighted by molar-refractivity contribution is 0.108. The molecular weight excluding hydrogens is 326 g/mol. The highest BCUT2D eigenvalue weighted by Crippen LogP contribution is 2.29. The lowest BCUT2D eigenvalue weighted by Gasteiger charge is -2.13. The number of halogens is 1. The fourth-order valence-corrected chi connectivity index (χ4v) is 3.01. The Morgan fingerprint density at radius 1 is 1.27 bits per heavy atom. The van der Waals surface area contributed by atoms with Gasteiger partial charge in [0.2, 0.25) is 5.95 Å². The second-order valence-corrected chi connectivity index (χ2v) is 6.93. The SMILES string of the molecule is CCc1cc(Nc2ncccn2)c(S(C)(=O)=O)cc1C(=O)Cl. The van der Waals surface area contributed by atoms with Crippen molar-refractivity contribution in [3.8, 4) is 0 Å². The number of aromatic nitrogens is 2. The largest absolute Gasteiger partial charge is 0.323 e. The zero-order chi connectivity index (χ0) is 16.3. The minimum Gasteiger partial charge on any atom is -0.323 e. The maximum atomic E-state index is 12.0. The van der Waals surface area contributed by atoms with E-state index >= 15 is 0 Å². The normalized spacial score (nSPS) is 11.2. The molecule has 0 aliphatic rings. The molecule has 0 radical (unpaired) electrons. The molecular formula is C14H14ClN3O3S. The summed E-state index contributed by atoms with van der Waals surface area (Å²) < 4.78 is 24.0. The van der Waals surface area contributed by atoms with Crippen LogP contribution in [0.25, 0.3) is 0 Å². The second-order valence-electron chi connectivity index (χ2n) is 4.60. The summed E-state index contributed by atoms with van der Waals surface area (Å²) in [7, 11) is -3.56. The van der Waals surface area contributed by atoms with Gasteiger partial charge in [0.15, 0.2) is 9.84 Å². The van der Waals surface area contributed by atoms with E-state index in [1.807, 2.05) is 6.92 Å². The molecule has 22 heavy (non-hydrogen) atoms. The van der Waals surface area contributed by atoms with Crippen LogP contribution in [0.1, 0.15) is 22.8 Å². The van der Waals surface area contributed by atoms with Gasteiger partial charge in [-0.3, -0.25) is 4.79 Å². The molecule has 0 atom stereocenters. The number of carbonyl (C=O) groups excluding carboxylic acids is 1. The Morgan fingerprint density at radius 2 is 1.91 bits per heavy atom. The third-order valence-electron chi connectivity index (χ3n) is 3.01. The number of aryl methyl sites for hydroxylation is 1. The number of carbonyl (C=O) groups is 1. The van der Waals surface area contributed by atoms with Gasteiger partial charge in [-0.15, -0.1) is 0 Å². The van der Waals surface area contributed by atoms with Crippen molar-refractivity contribution < 1.29 is 13.2 Å². The summed E-state index contributed by atoms with van der Waals surface area (Å²) >= 11 is 5.54.